The van der Waals surface area contributed by atoms with E-state index in [1.54, 1.807) is 6.20 Å². The van der Waals surface area contributed by atoms with E-state index in [0.717, 1.165) is 49.6 Å². The number of hydrogen-bond acceptors (Lipinski definition) is 4. The fourth-order valence-electron chi connectivity index (χ4n) is 3.95. The van der Waals surface area contributed by atoms with Gasteiger partial charge in [0.2, 0.25) is 0 Å². The third kappa shape index (κ3) is 5.74. The number of benzene rings is 2. The Morgan fingerprint density at radius 1 is 0.969 bits per heavy atom. The molecule has 2 heterocycles. The molecule has 0 atom stereocenters. The van der Waals surface area contributed by atoms with Gasteiger partial charge in [-0.25, -0.2) is 0 Å². The average molecular weight is 430 g/mol. The van der Waals surface area contributed by atoms with Crippen molar-refractivity contribution in [2.75, 3.05) is 26.2 Å². The Kier molecular flexibility index (Phi) is 7.17. The number of hydrogen-bond donors (Lipinski definition) is 0. The first-order valence-electron chi connectivity index (χ1n) is 11.3. The minimum absolute atomic E-state index is 0.0918. The summed E-state index contributed by atoms with van der Waals surface area (Å²) < 4.78 is 5.94. The number of nitrogens with zero attached hydrogens (tertiary/aromatic N) is 3. The van der Waals surface area contributed by atoms with Gasteiger partial charge in [0.15, 0.2) is 0 Å². The zero-order valence-electron chi connectivity index (χ0n) is 18.9. The van der Waals surface area contributed by atoms with Crippen molar-refractivity contribution in [2.45, 2.75) is 32.9 Å². The second kappa shape index (κ2) is 10.4. The van der Waals surface area contributed by atoms with Gasteiger partial charge in [-0.3, -0.25) is 14.7 Å². The molecular weight excluding hydrogens is 398 g/mol. The van der Waals surface area contributed by atoms with Gasteiger partial charge >= 0.3 is 0 Å². The molecule has 32 heavy (non-hydrogen) atoms. The summed E-state index contributed by atoms with van der Waals surface area (Å²) in [5.41, 5.74) is 4.23. The fourth-order valence-corrected chi connectivity index (χ4v) is 3.95. The van der Waals surface area contributed by atoms with Gasteiger partial charge in [-0.15, -0.1) is 0 Å². The molecule has 1 aliphatic heterocycles. The summed E-state index contributed by atoms with van der Waals surface area (Å²) in [5.74, 6) is 1.44. The maximum atomic E-state index is 13.0. The van der Waals surface area contributed by atoms with Crippen LogP contribution >= 0.6 is 0 Å². The lowest BCUT2D eigenvalue weighted by atomic mass is 10.0. The van der Waals surface area contributed by atoms with Crippen LogP contribution in [0.15, 0.2) is 73.1 Å². The SMILES string of the molecule is CC(C)c1ccc(OCc2cccc(C(=O)N3CCN(Cc4cccnc4)CC3)c2)cc1. The molecule has 1 aromatic heterocycles. The van der Waals surface area contributed by atoms with Crippen LogP contribution in [0, 0.1) is 0 Å². The predicted molar refractivity (Wildman–Crippen MR) is 127 cm³/mol. The number of piperazine rings is 1. The van der Waals surface area contributed by atoms with Gasteiger partial charge in [-0.1, -0.05) is 44.2 Å². The van der Waals surface area contributed by atoms with Gasteiger partial charge < -0.3 is 9.64 Å². The molecule has 2 aromatic carbocycles. The minimum Gasteiger partial charge on any atom is -0.489 e. The van der Waals surface area contributed by atoms with Crippen molar-refractivity contribution in [3.63, 3.8) is 0 Å². The number of carbonyl (C=O) groups is 1. The van der Waals surface area contributed by atoms with E-state index in [4.69, 9.17) is 4.74 Å². The van der Waals surface area contributed by atoms with Crippen LogP contribution in [0.4, 0.5) is 0 Å². The van der Waals surface area contributed by atoms with Gasteiger partial charge in [0.25, 0.3) is 5.91 Å². The second-order valence-electron chi connectivity index (χ2n) is 8.64. The molecule has 0 radical (unpaired) electrons. The standard InChI is InChI=1S/C27H31N3O2/c1-21(2)24-8-10-26(11-9-24)32-20-22-5-3-7-25(17-22)27(31)30-15-13-29(14-16-30)19-23-6-4-12-28-18-23/h3-12,17-18,21H,13-16,19-20H2,1-2H3. The monoisotopic (exact) mass is 429 g/mol. The summed E-state index contributed by atoms with van der Waals surface area (Å²) in [5, 5.41) is 0. The highest BCUT2D eigenvalue weighted by Gasteiger charge is 2.22. The Morgan fingerprint density at radius 3 is 2.41 bits per heavy atom. The molecule has 3 aromatic rings. The zero-order chi connectivity index (χ0) is 22.3. The largest absolute Gasteiger partial charge is 0.489 e. The van der Waals surface area contributed by atoms with Crippen LogP contribution in [-0.4, -0.2) is 46.9 Å². The molecule has 166 valence electrons. The minimum atomic E-state index is 0.0918. The molecule has 0 aliphatic carbocycles. The van der Waals surface area contributed by atoms with E-state index < -0.39 is 0 Å². The van der Waals surface area contributed by atoms with Gasteiger partial charge in [0.1, 0.15) is 12.4 Å². The van der Waals surface area contributed by atoms with Crippen molar-refractivity contribution in [1.82, 2.24) is 14.8 Å². The topological polar surface area (TPSA) is 45.7 Å². The highest BCUT2D eigenvalue weighted by molar-refractivity contribution is 5.94. The lowest BCUT2D eigenvalue weighted by Crippen LogP contribution is -2.48. The van der Waals surface area contributed by atoms with Crippen molar-refractivity contribution >= 4 is 5.91 Å². The molecule has 1 aliphatic rings. The Hall–Kier alpha value is -3.18. The molecule has 0 spiro atoms. The Balaban J connectivity index is 1.30. The van der Waals surface area contributed by atoms with E-state index in [1.165, 1.54) is 11.1 Å². The second-order valence-corrected chi connectivity index (χ2v) is 8.64. The van der Waals surface area contributed by atoms with Crippen LogP contribution in [0.3, 0.4) is 0 Å². The lowest BCUT2D eigenvalue weighted by molar-refractivity contribution is 0.0628. The predicted octanol–water partition coefficient (Wildman–Crippen LogP) is 4.74. The first-order valence-corrected chi connectivity index (χ1v) is 11.3. The summed E-state index contributed by atoms with van der Waals surface area (Å²) in [6.45, 7) is 8.90. The number of amides is 1. The Bertz CT molecular complexity index is 1010. The summed E-state index contributed by atoms with van der Waals surface area (Å²) in [4.78, 5) is 21.6. The maximum Gasteiger partial charge on any atom is 0.253 e. The summed E-state index contributed by atoms with van der Waals surface area (Å²) >= 11 is 0. The van der Waals surface area contributed by atoms with E-state index in [-0.39, 0.29) is 5.91 Å². The highest BCUT2D eigenvalue weighted by Crippen LogP contribution is 2.20. The van der Waals surface area contributed by atoms with Crippen LogP contribution in [-0.2, 0) is 13.2 Å². The molecule has 5 nitrogen and oxygen atoms in total. The smallest absolute Gasteiger partial charge is 0.253 e. The lowest BCUT2D eigenvalue weighted by Gasteiger charge is -2.34. The number of ether oxygens (including phenoxy) is 1. The van der Waals surface area contributed by atoms with Crippen LogP contribution in [0.5, 0.6) is 5.75 Å². The van der Waals surface area contributed by atoms with Crippen LogP contribution in [0.25, 0.3) is 0 Å². The number of aromatic nitrogens is 1. The van der Waals surface area contributed by atoms with Crippen LogP contribution in [0.1, 0.15) is 46.8 Å². The Labute approximate surface area is 190 Å². The van der Waals surface area contributed by atoms with Crippen molar-refractivity contribution in [3.8, 4) is 5.75 Å². The Morgan fingerprint density at radius 2 is 1.72 bits per heavy atom. The normalized spacial score (nSPS) is 14.5. The molecule has 1 saturated heterocycles. The first-order chi connectivity index (χ1) is 15.6. The molecule has 0 bridgehead atoms. The average Bonchev–Trinajstić information content (AvgIpc) is 2.84. The molecule has 5 heteroatoms. The van der Waals surface area contributed by atoms with Crippen molar-refractivity contribution in [2.24, 2.45) is 0 Å². The van der Waals surface area contributed by atoms with Crippen molar-refractivity contribution in [1.29, 1.82) is 0 Å². The highest BCUT2D eigenvalue weighted by atomic mass is 16.5. The van der Waals surface area contributed by atoms with Gasteiger partial charge in [0, 0.05) is 50.7 Å². The molecular formula is C27H31N3O2. The number of pyridine rings is 1. The number of carbonyl (C=O) groups excluding carboxylic acids is 1. The van der Waals surface area contributed by atoms with Crippen molar-refractivity contribution in [3.05, 3.63) is 95.3 Å². The zero-order valence-corrected chi connectivity index (χ0v) is 18.9. The quantitative estimate of drug-likeness (QED) is 0.544. The van der Waals surface area contributed by atoms with E-state index in [0.29, 0.717) is 12.5 Å². The molecule has 1 fully saturated rings. The van der Waals surface area contributed by atoms with Crippen LogP contribution in [0.2, 0.25) is 0 Å². The maximum absolute atomic E-state index is 13.0. The van der Waals surface area contributed by atoms with E-state index in [2.05, 4.69) is 41.9 Å². The summed E-state index contributed by atoms with van der Waals surface area (Å²) in [6, 6.07) is 20.1. The van der Waals surface area contributed by atoms with Crippen molar-refractivity contribution < 1.29 is 9.53 Å². The fraction of sp³-hybridized carbons (Fsp3) is 0.333. The molecule has 0 unspecified atom stereocenters. The summed E-state index contributed by atoms with van der Waals surface area (Å²) in [6.07, 6.45) is 3.70. The van der Waals surface area contributed by atoms with Gasteiger partial charge in [-0.05, 0) is 52.9 Å². The molecule has 0 N–H and O–H groups in total. The first kappa shape index (κ1) is 22.0. The third-order valence-electron chi connectivity index (χ3n) is 5.91. The van der Waals surface area contributed by atoms with E-state index >= 15 is 0 Å². The molecule has 1 amide bonds. The molecule has 0 saturated carbocycles. The van der Waals surface area contributed by atoms with E-state index in [9.17, 15) is 4.79 Å². The third-order valence-corrected chi connectivity index (χ3v) is 5.91. The molecule has 4 rings (SSSR count). The van der Waals surface area contributed by atoms with Gasteiger partial charge in [-0.2, -0.15) is 0 Å². The van der Waals surface area contributed by atoms with Crippen LogP contribution < -0.4 is 4.74 Å². The summed E-state index contributed by atoms with van der Waals surface area (Å²) in [7, 11) is 0. The number of rotatable bonds is 7. The van der Waals surface area contributed by atoms with Gasteiger partial charge in [0.05, 0.1) is 0 Å². The van der Waals surface area contributed by atoms with E-state index in [1.807, 2.05) is 53.6 Å².